The van der Waals surface area contributed by atoms with E-state index in [1.165, 1.54) is 5.39 Å². The zero-order valence-electron chi connectivity index (χ0n) is 27.5. The molecule has 2 aliphatic heterocycles. The van der Waals surface area contributed by atoms with Gasteiger partial charge in [-0.25, -0.2) is 9.78 Å². The Kier molecular flexibility index (Phi) is 8.64. The largest absolute Gasteiger partial charge is 0.479 e. The van der Waals surface area contributed by atoms with Crippen LogP contribution < -0.4 is 0 Å². The molecule has 2 aromatic heterocycles. The van der Waals surface area contributed by atoms with Gasteiger partial charge in [-0.1, -0.05) is 23.7 Å². The highest BCUT2D eigenvalue weighted by molar-refractivity contribution is 7.22. The molecule has 2 aliphatic rings. The molecule has 0 bridgehead atoms. The van der Waals surface area contributed by atoms with Crippen LogP contribution in [-0.4, -0.2) is 68.7 Å². The quantitative estimate of drug-likeness (QED) is 0.186. The number of nitrogens with zero attached hydrogens (tertiary/aromatic N) is 4. The average Bonchev–Trinajstić information content (AvgIpc) is 3.79. The molecule has 2 saturated heterocycles. The molecule has 10 heteroatoms. The van der Waals surface area contributed by atoms with Crippen LogP contribution in [0.4, 0.5) is 0 Å². The van der Waals surface area contributed by atoms with Crippen molar-refractivity contribution >= 4 is 50.0 Å². The van der Waals surface area contributed by atoms with E-state index in [9.17, 15) is 9.90 Å². The van der Waals surface area contributed by atoms with E-state index in [2.05, 4.69) is 23.1 Å². The van der Waals surface area contributed by atoms with Gasteiger partial charge in [0.25, 0.3) is 0 Å². The first kappa shape index (κ1) is 32.2. The smallest absolute Gasteiger partial charge is 0.337 e. The molecule has 47 heavy (non-hydrogen) atoms. The normalized spacial score (nSPS) is 18.8. The highest BCUT2D eigenvalue weighted by Crippen LogP contribution is 2.45. The zero-order chi connectivity index (χ0) is 33.0. The third kappa shape index (κ3) is 6.32. The van der Waals surface area contributed by atoms with Crippen molar-refractivity contribution < 1.29 is 19.4 Å². The number of ether oxygens (including phenoxy) is 2. The summed E-state index contributed by atoms with van der Waals surface area (Å²) in [6, 6.07) is 16.6. The van der Waals surface area contributed by atoms with Crippen molar-refractivity contribution in [2.75, 3.05) is 26.3 Å². The third-order valence-electron chi connectivity index (χ3n) is 9.48. The van der Waals surface area contributed by atoms with E-state index in [1.807, 2.05) is 69.8 Å². The number of carboxylic acid groups (broad SMARTS) is 1. The lowest BCUT2D eigenvalue weighted by molar-refractivity contribution is -0.160. The summed E-state index contributed by atoms with van der Waals surface area (Å²) in [7, 11) is 2.02. The van der Waals surface area contributed by atoms with Gasteiger partial charge in [-0.3, -0.25) is 9.58 Å². The Hall–Kier alpha value is -3.34. The van der Waals surface area contributed by atoms with E-state index in [1.54, 1.807) is 11.3 Å². The summed E-state index contributed by atoms with van der Waals surface area (Å²) in [6.45, 7) is 11.4. The Morgan fingerprint density at radius 1 is 1.09 bits per heavy atom. The number of aryl methyl sites for hydroxylation is 2. The number of halogens is 1. The van der Waals surface area contributed by atoms with Crippen molar-refractivity contribution in [2.45, 2.75) is 70.6 Å². The molecular formula is C37H41ClN4O4S. The SMILES string of the molecule is Cc1cc2nc(-c3ccc4c(c3)c(C3CCN([C@H]5CCOC5)CC3)nn4C)sc2c(-c2ccc(Cl)cc2)c1[C@H](OC(C)(C)C)C(=O)O. The van der Waals surface area contributed by atoms with Crippen molar-refractivity contribution in [3.63, 3.8) is 0 Å². The molecule has 8 nitrogen and oxygen atoms in total. The molecule has 0 radical (unpaired) electrons. The van der Waals surface area contributed by atoms with E-state index >= 15 is 0 Å². The first-order valence-corrected chi connectivity index (χ1v) is 17.6. The molecule has 3 aromatic carbocycles. The van der Waals surface area contributed by atoms with Crippen LogP contribution in [0.2, 0.25) is 5.02 Å². The van der Waals surface area contributed by atoms with Gasteiger partial charge in [-0.05, 0) is 108 Å². The van der Waals surface area contributed by atoms with Crippen LogP contribution in [0.5, 0.6) is 0 Å². The van der Waals surface area contributed by atoms with Gasteiger partial charge in [0, 0.05) is 52.7 Å². The minimum atomic E-state index is -1.16. The first-order valence-electron chi connectivity index (χ1n) is 16.4. The molecule has 2 fully saturated rings. The minimum absolute atomic E-state index is 0.403. The number of carbonyl (C=O) groups is 1. The number of piperidine rings is 1. The van der Waals surface area contributed by atoms with Gasteiger partial charge in [0.05, 0.1) is 33.6 Å². The number of fused-ring (bicyclic) bond motifs is 2. The van der Waals surface area contributed by atoms with Crippen molar-refractivity contribution in [1.82, 2.24) is 19.7 Å². The lowest BCUT2D eigenvalue weighted by Gasteiger charge is -2.34. The molecule has 246 valence electrons. The van der Waals surface area contributed by atoms with Crippen molar-refractivity contribution in [3.05, 3.63) is 70.4 Å². The Morgan fingerprint density at radius 2 is 1.81 bits per heavy atom. The molecular weight excluding hydrogens is 632 g/mol. The fourth-order valence-electron chi connectivity index (χ4n) is 7.24. The van der Waals surface area contributed by atoms with Gasteiger partial charge in [-0.2, -0.15) is 5.10 Å². The maximum Gasteiger partial charge on any atom is 0.337 e. The lowest BCUT2D eigenvalue weighted by atomic mass is 9.90. The third-order valence-corrected chi connectivity index (χ3v) is 10.9. The average molecular weight is 673 g/mol. The van der Waals surface area contributed by atoms with Gasteiger partial charge in [0.2, 0.25) is 0 Å². The molecule has 0 spiro atoms. The fourth-order valence-corrected chi connectivity index (χ4v) is 8.48. The molecule has 7 rings (SSSR count). The van der Waals surface area contributed by atoms with Crippen LogP contribution in [0.1, 0.15) is 68.9 Å². The highest BCUT2D eigenvalue weighted by Gasteiger charge is 2.33. The number of hydrogen-bond acceptors (Lipinski definition) is 7. The molecule has 0 saturated carbocycles. The van der Waals surface area contributed by atoms with Gasteiger partial charge in [0.15, 0.2) is 6.10 Å². The monoisotopic (exact) mass is 672 g/mol. The number of thiazole rings is 1. The number of hydrogen-bond donors (Lipinski definition) is 1. The topological polar surface area (TPSA) is 89.7 Å². The van der Waals surface area contributed by atoms with Crippen molar-refractivity contribution in [3.8, 4) is 21.7 Å². The summed E-state index contributed by atoms with van der Waals surface area (Å²) in [5, 5.41) is 18.1. The minimum Gasteiger partial charge on any atom is -0.479 e. The second kappa shape index (κ2) is 12.6. The maximum atomic E-state index is 12.7. The Balaban J connectivity index is 1.31. The Morgan fingerprint density at radius 3 is 2.47 bits per heavy atom. The number of rotatable bonds is 7. The van der Waals surface area contributed by atoms with Gasteiger partial charge in [-0.15, -0.1) is 11.3 Å². The predicted molar refractivity (Wildman–Crippen MR) is 188 cm³/mol. The molecule has 0 amide bonds. The van der Waals surface area contributed by atoms with Crippen molar-refractivity contribution in [2.24, 2.45) is 7.05 Å². The first-order chi connectivity index (χ1) is 22.5. The summed E-state index contributed by atoms with van der Waals surface area (Å²) in [5.41, 5.74) is 6.60. The van der Waals surface area contributed by atoms with Crippen LogP contribution in [0.25, 0.3) is 42.8 Å². The van der Waals surface area contributed by atoms with E-state index in [-0.39, 0.29) is 0 Å². The van der Waals surface area contributed by atoms with E-state index in [0.29, 0.717) is 22.5 Å². The van der Waals surface area contributed by atoms with Gasteiger partial charge < -0.3 is 14.6 Å². The predicted octanol–water partition coefficient (Wildman–Crippen LogP) is 8.39. The molecule has 2 atom stereocenters. The standard InChI is InChI=1S/C37H41ClN4O4S/c1-21-18-28-34(31(22-6-9-25(38)10-7-22)30(21)33(36(43)44)46-37(2,3)4)47-35(39-28)24-8-11-29-27(19-24)32(40-41(29)5)23-12-15-42(16-13-23)26-14-17-45-20-26/h6-11,18-19,23,26,33H,12-17,20H2,1-5H3,(H,43,44)/t26-,33-/m0/s1. The second-order valence-corrected chi connectivity index (χ2v) is 15.3. The summed E-state index contributed by atoms with van der Waals surface area (Å²) in [4.78, 5) is 20.5. The van der Waals surface area contributed by atoms with E-state index in [4.69, 9.17) is 31.2 Å². The number of aromatic nitrogens is 3. The molecule has 0 unspecified atom stereocenters. The van der Waals surface area contributed by atoms with Gasteiger partial charge in [0.1, 0.15) is 5.01 Å². The van der Waals surface area contributed by atoms with Crippen LogP contribution in [0.15, 0.2) is 48.5 Å². The summed E-state index contributed by atoms with van der Waals surface area (Å²) < 4.78 is 14.8. The number of aliphatic carboxylic acids is 1. The number of carboxylic acids is 1. The maximum absolute atomic E-state index is 12.7. The van der Waals surface area contributed by atoms with Crippen LogP contribution in [0, 0.1) is 6.92 Å². The number of likely N-dealkylation sites (tertiary alicyclic amines) is 1. The summed E-state index contributed by atoms with van der Waals surface area (Å²) >= 11 is 7.86. The van der Waals surface area contributed by atoms with Crippen LogP contribution in [-0.2, 0) is 21.3 Å². The highest BCUT2D eigenvalue weighted by atomic mass is 35.5. The zero-order valence-corrected chi connectivity index (χ0v) is 29.1. The fraction of sp³-hybridized carbons (Fsp3) is 0.432. The van der Waals surface area contributed by atoms with Crippen LogP contribution in [0.3, 0.4) is 0 Å². The molecule has 0 aliphatic carbocycles. The lowest BCUT2D eigenvalue weighted by Crippen LogP contribution is -2.41. The van der Waals surface area contributed by atoms with Crippen LogP contribution >= 0.6 is 22.9 Å². The summed E-state index contributed by atoms with van der Waals surface area (Å²) in [6.07, 6.45) is 2.14. The Bertz CT molecular complexity index is 1950. The van der Waals surface area contributed by atoms with E-state index < -0.39 is 17.7 Å². The molecule has 1 N–H and O–H groups in total. The van der Waals surface area contributed by atoms with Gasteiger partial charge >= 0.3 is 5.97 Å². The van der Waals surface area contributed by atoms with Crippen molar-refractivity contribution in [1.29, 1.82) is 0 Å². The second-order valence-electron chi connectivity index (χ2n) is 13.9. The number of benzene rings is 3. The molecule has 5 aromatic rings. The Labute approximate surface area is 284 Å². The summed E-state index contributed by atoms with van der Waals surface area (Å²) in [5.74, 6) is -0.625. The molecule has 4 heterocycles. The van der Waals surface area contributed by atoms with E-state index in [0.717, 1.165) is 94.3 Å².